The van der Waals surface area contributed by atoms with Crippen LogP contribution in [0.25, 0.3) is 5.57 Å². The minimum absolute atomic E-state index is 0. The van der Waals surface area contributed by atoms with Crippen LogP contribution in [0.4, 0.5) is 0 Å². The first-order valence-corrected chi connectivity index (χ1v) is 12.2. The normalized spacial score (nSPS) is 35.9. The van der Waals surface area contributed by atoms with E-state index in [9.17, 15) is 0 Å². The van der Waals surface area contributed by atoms with Gasteiger partial charge in [0.2, 0.25) is 0 Å². The van der Waals surface area contributed by atoms with E-state index in [1.54, 1.807) is 22.3 Å². The van der Waals surface area contributed by atoms with E-state index >= 15 is 0 Å². The topological polar surface area (TPSA) is 0 Å². The minimum Gasteiger partial charge on any atom is -1.00 e. The van der Waals surface area contributed by atoms with E-state index in [-0.39, 0.29) is 41.1 Å². The van der Waals surface area contributed by atoms with Crippen LogP contribution in [0.1, 0.15) is 65.3 Å². The minimum atomic E-state index is 0. The summed E-state index contributed by atoms with van der Waals surface area (Å²) in [6, 6.07) is 0. The third-order valence-corrected chi connectivity index (χ3v) is 11.4. The molecule has 4 aliphatic rings. The fourth-order valence-corrected chi connectivity index (χ4v) is 8.68. The van der Waals surface area contributed by atoms with Gasteiger partial charge in [0, 0.05) is 0 Å². The van der Waals surface area contributed by atoms with Crippen LogP contribution in [0.2, 0.25) is 0 Å². The van der Waals surface area contributed by atoms with Gasteiger partial charge < -0.3 is 24.8 Å². The molecule has 5 atom stereocenters. The molecule has 167 valence electrons. The Morgan fingerprint density at radius 2 is 1.41 bits per heavy atom. The van der Waals surface area contributed by atoms with Crippen LogP contribution in [0, 0.1) is 49.9 Å². The largest absolute Gasteiger partial charge is 1.00 e. The summed E-state index contributed by atoms with van der Waals surface area (Å²) < 4.78 is 0.480. The first-order chi connectivity index (χ1) is 14.0. The van der Waals surface area contributed by atoms with Crippen molar-refractivity contribution in [2.45, 2.75) is 59.6 Å². The van der Waals surface area contributed by atoms with Gasteiger partial charge in [-0.25, -0.2) is 0 Å². The Labute approximate surface area is 218 Å². The molecule has 5 rings (SSSR count). The number of allylic oxidation sites excluding steroid dienone is 10. The van der Waals surface area contributed by atoms with Gasteiger partial charge in [-0.1, -0.05) is 0 Å². The summed E-state index contributed by atoms with van der Waals surface area (Å²) in [5.74, 6) is 0.413. The molecule has 0 radical (unpaired) electrons. The summed E-state index contributed by atoms with van der Waals surface area (Å²) in [7, 11) is 0. The Hall–Kier alpha value is -0.786. The smallest absolute Gasteiger partial charge is 1.00 e. The molecule has 1 aromatic rings. The Morgan fingerprint density at radius 1 is 0.781 bits per heavy atom. The number of halogens is 2. The van der Waals surface area contributed by atoms with Gasteiger partial charge >= 0.3 is 195 Å². The van der Waals surface area contributed by atoms with Gasteiger partial charge in [-0.15, -0.1) is 0 Å². The first kappa shape index (κ1) is 25.8. The van der Waals surface area contributed by atoms with Crippen molar-refractivity contribution in [3.8, 4) is 0 Å². The van der Waals surface area contributed by atoms with Crippen molar-refractivity contribution < 1.29 is 45.2 Å². The molecule has 0 spiro atoms. The molecule has 0 aromatic heterocycles. The van der Waals surface area contributed by atoms with E-state index in [0.29, 0.717) is 10.1 Å². The zero-order chi connectivity index (χ0) is 21.8. The Bertz CT molecular complexity index is 1160. The van der Waals surface area contributed by atoms with Gasteiger partial charge in [-0.3, -0.25) is 0 Å². The van der Waals surface area contributed by atoms with Crippen molar-refractivity contribution in [1.82, 2.24) is 0 Å². The average molecular weight is 500 g/mol. The van der Waals surface area contributed by atoms with Crippen molar-refractivity contribution >= 4 is 5.57 Å². The van der Waals surface area contributed by atoms with Crippen molar-refractivity contribution in [2.24, 2.45) is 22.2 Å². The van der Waals surface area contributed by atoms with E-state index in [0.717, 1.165) is 0 Å². The molecule has 0 aliphatic heterocycles. The zero-order valence-corrected chi connectivity index (χ0v) is 23.5. The molecule has 3 heteroatoms. The van der Waals surface area contributed by atoms with Gasteiger partial charge in [0.1, 0.15) is 0 Å². The van der Waals surface area contributed by atoms with Crippen LogP contribution in [0.3, 0.4) is 0 Å². The van der Waals surface area contributed by atoms with Crippen molar-refractivity contribution in [3.63, 3.8) is 0 Å². The second-order valence-electron chi connectivity index (χ2n) is 10.6. The van der Waals surface area contributed by atoms with E-state index in [1.165, 1.54) is 27.8 Å². The van der Waals surface area contributed by atoms with E-state index in [4.69, 9.17) is 0 Å². The molecule has 0 fully saturated rings. The average Bonchev–Trinajstić information content (AvgIpc) is 2.97. The molecule has 0 nitrogen and oxygen atoms in total. The van der Waals surface area contributed by atoms with Crippen LogP contribution >= 0.6 is 0 Å². The quantitative estimate of drug-likeness (QED) is 0.475. The predicted octanol–water partition coefficient (Wildman–Crippen LogP) is 1.57. The third kappa shape index (κ3) is 2.57. The molecular formula is C29H33Cl2Ti. The van der Waals surface area contributed by atoms with Gasteiger partial charge in [0.25, 0.3) is 0 Å². The standard InChI is InChI=1S/C29H33.2ClH.Ti/c1-17-12-11-15-28(7)27(6)16-23-20(4)18(2)19(3)21(5)25(23)26(27)22-13-9-10-14-24(22)29(17,28)8;;;/h9-16,24H,1-8H3;2*1H;/q;;;+2/p-2. The van der Waals surface area contributed by atoms with Crippen LogP contribution in [0.5, 0.6) is 0 Å². The number of hydrogen-bond donors (Lipinski definition) is 0. The van der Waals surface area contributed by atoms with E-state index < -0.39 is 0 Å². The Balaban J connectivity index is 0.00000144. The molecule has 0 amide bonds. The maximum Gasteiger partial charge on any atom is -1.00 e. The predicted molar refractivity (Wildman–Crippen MR) is 124 cm³/mol. The van der Waals surface area contributed by atoms with Crippen LogP contribution < -0.4 is 24.8 Å². The molecule has 0 heterocycles. The Morgan fingerprint density at radius 3 is 2.06 bits per heavy atom. The first-order valence-electron chi connectivity index (χ1n) is 11.3. The summed E-state index contributed by atoms with van der Waals surface area (Å²) in [6.07, 6.45) is 16.7. The molecule has 4 aliphatic carbocycles. The van der Waals surface area contributed by atoms with Crippen molar-refractivity contribution in [2.75, 3.05) is 0 Å². The van der Waals surface area contributed by atoms with Crippen LogP contribution in [-0.4, -0.2) is 0 Å². The molecular weight excluding hydrogens is 467 g/mol. The molecule has 32 heavy (non-hydrogen) atoms. The summed E-state index contributed by atoms with van der Waals surface area (Å²) in [6.45, 7) is 19.4. The molecule has 5 unspecified atom stereocenters. The molecule has 0 bridgehead atoms. The number of hydrogen-bond acceptors (Lipinski definition) is 0. The molecule has 1 aromatic carbocycles. The van der Waals surface area contributed by atoms with Crippen molar-refractivity contribution in [1.29, 1.82) is 0 Å². The van der Waals surface area contributed by atoms with E-state index in [2.05, 4.69) is 118 Å². The van der Waals surface area contributed by atoms with Crippen LogP contribution in [0.15, 0.2) is 53.7 Å². The molecule has 0 saturated heterocycles. The summed E-state index contributed by atoms with van der Waals surface area (Å²) in [5.41, 5.74) is 14.0. The SMILES string of the molecule is CC1=CC=CC2(C)C1(C)C1C=CC=CC1=C1c3c(C)c(C)c(C)c(C)c3[CH]([Ti+2])C12C.[Cl-].[Cl-]. The van der Waals surface area contributed by atoms with Crippen LogP contribution in [-0.2, 0) is 20.4 Å². The number of benzene rings is 1. The maximum absolute atomic E-state index is 2.58. The third-order valence-electron chi connectivity index (χ3n) is 10.1. The van der Waals surface area contributed by atoms with E-state index in [1.807, 2.05) is 0 Å². The summed E-state index contributed by atoms with van der Waals surface area (Å²) in [5, 5.41) is 0. The van der Waals surface area contributed by atoms with Gasteiger partial charge in [0.05, 0.1) is 0 Å². The maximum atomic E-state index is 2.58. The summed E-state index contributed by atoms with van der Waals surface area (Å²) >= 11 is 2.50. The Kier molecular flexibility index (Phi) is 6.36. The zero-order valence-electron chi connectivity index (χ0n) is 20.5. The van der Waals surface area contributed by atoms with Gasteiger partial charge in [0.15, 0.2) is 0 Å². The molecule has 0 N–H and O–H groups in total. The second-order valence-corrected chi connectivity index (χ2v) is 11.5. The fourth-order valence-electron chi connectivity index (χ4n) is 7.43. The number of fused-ring (bicyclic) bond motifs is 7. The van der Waals surface area contributed by atoms with Gasteiger partial charge in [-0.2, -0.15) is 0 Å². The number of rotatable bonds is 0. The van der Waals surface area contributed by atoms with Crippen molar-refractivity contribution in [3.05, 3.63) is 87.1 Å². The summed E-state index contributed by atoms with van der Waals surface area (Å²) in [4.78, 5) is 0. The molecule has 0 saturated carbocycles. The van der Waals surface area contributed by atoms with Gasteiger partial charge in [-0.05, 0) is 0 Å². The fraction of sp³-hybridized carbons (Fsp3) is 0.448. The second kappa shape index (κ2) is 7.88. The monoisotopic (exact) mass is 499 g/mol.